The molecule has 8 nitrogen and oxygen atoms in total. The summed E-state index contributed by atoms with van der Waals surface area (Å²) in [6.07, 6.45) is 4.21. The van der Waals surface area contributed by atoms with E-state index < -0.39 is 17.3 Å². The number of aromatic nitrogens is 1. The Morgan fingerprint density at radius 1 is 1.03 bits per heavy atom. The highest BCUT2D eigenvalue weighted by Crippen LogP contribution is 2.40. The van der Waals surface area contributed by atoms with E-state index in [1.807, 2.05) is 40.0 Å². The zero-order chi connectivity index (χ0) is 26.4. The van der Waals surface area contributed by atoms with Gasteiger partial charge in [0.25, 0.3) is 0 Å². The molecule has 2 N–H and O–H groups in total. The van der Waals surface area contributed by atoms with Gasteiger partial charge >= 0.3 is 12.2 Å². The Hall–Kier alpha value is -2.30. The van der Waals surface area contributed by atoms with E-state index in [1.54, 1.807) is 37.3 Å². The van der Waals surface area contributed by atoms with Crippen LogP contribution >= 0.6 is 11.3 Å². The summed E-state index contributed by atoms with van der Waals surface area (Å²) in [4.78, 5) is 30.3. The smallest absolute Gasteiger partial charge is 0.411 e. The number of thiazole rings is 1. The first kappa shape index (κ1) is 28.3. The van der Waals surface area contributed by atoms with Gasteiger partial charge in [-0.1, -0.05) is 0 Å². The van der Waals surface area contributed by atoms with Crippen molar-refractivity contribution in [3.63, 3.8) is 0 Å². The van der Waals surface area contributed by atoms with E-state index in [0.717, 1.165) is 41.1 Å². The van der Waals surface area contributed by atoms with Crippen LogP contribution in [0.5, 0.6) is 0 Å². The third kappa shape index (κ3) is 7.85. The predicted octanol–water partition coefficient (Wildman–Crippen LogP) is 6.44. The van der Waals surface area contributed by atoms with Crippen LogP contribution in [0.3, 0.4) is 0 Å². The second-order valence-corrected chi connectivity index (χ2v) is 12.9. The molecule has 2 amide bonds. The van der Waals surface area contributed by atoms with Crippen LogP contribution in [0.2, 0.25) is 0 Å². The summed E-state index contributed by atoms with van der Waals surface area (Å²) in [6, 6.07) is 5.57. The first-order chi connectivity index (χ1) is 17.0. The standard InChI is InChI=1S/C26H37N3O5S2/c1-15(2)33-25(30)28-19-9-7-18(8-10-19)24-27-14-22(35-24)21-12-11-20(29-26(31)34-16(3)4)13-23(21)36(32)17(5)6/h11-19H,7-10H2,1-6H3,(H,28,30)(H,29,31)/t18-,19-,36?. The van der Waals surface area contributed by atoms with E-state index >= 15 is 0 Å². The van der Waals surface area contributed by atoms with E-state index in [0.29, 0.717) is 16.5 Å². The zero-order valence-electron chi connectivity index (χ0n) is 21.8. The van der Waals surface area contributed by atoms with E-state index in [-0.39, 0.29) is 29.6 Å². The molecular formula is C26H37N3O5S2. The first-order valence-corrected chi connectivity index (χ1v) is 14.5. The number of benzene rings is 1. The fraction of sp³-hybridized carbons (Fsp3) is 0.577. The number of carbonyl (C=O) groups excluding carboxylic acids is 2. The van der Waals surface area contributed by atoms with Crippen LogP contribution in [0.15, 0.2) is 29.3 Å². The highest BCUT2D eigenvalue weighted by Gasteiger charge is 2.28. The van der Waals surface area contributed by atoms with Crippen LogP contribution in [0.4, 0.5) is 15.3 Å². The molecule has 1 heterocycles. The quantitative estimate of drug-likeness (QED) is 0.376. The topological polar surface area (TPSA) is 113 Å². The number of amides is 2. The van der Waals surface area contributed by atoms with Gasteiger partial charge in [0.1, 0.15) is 5.25 Å². The van der Waals surface area contributed by atoms with Gasteiger partial charge in [0.2, 0.25) is 0 Å². The summed E-state index contributed by atoms with van der Waals surface area (Å²) in [5.74, 6) is 0.328. The number of nitrogens with zero attached hydrogens (tertiary/aromatic N) is 1. The van der Waals surface area contributed by atoms with Crippen LogP contribution in [0.1, 0.15) is 78.2 Å². The minimum atomic E-state index is -1.26. The molecule has 1 unspecified atom stereocenters. The van der Waals surface area contributed by atoms with Crippen molar-refractivity contribution in [2.45, 2.75) is 102 Å². The lowest BCUT2D eigenvalue weighted by molar-refractivity contribution is 0.109. The third-order valence-corrected chi connectivity index (χ3v) is 8.57. The normalized spacial score (nSPS) is 18.8. The van der Waals surface area contributed by atoms with Gasteiger partial charge in [-0.15, -0.1) is 11.3 Å². The number of rotatable bonds is 8. The maximum Gasteiger partial charge on any atom is 0.411 e. The van der Waals surface area contributed by atoms with E-state index in [2.05, 4.69) is 10.6 Å². The summed E-state index contributed by atoms with van der Waals surface area (Å²) in [7, 11) is 0. The molecule has 36 heavy (non-hydrogen) atoms. The van der Waals surface area contributed by atoms with Gasteiger partial charge in [0, 0.05) is 35.5 Å². The molecule has 10 heteroatoms. The zero-order valence-corrected chi connectivity index (χ0v) is 23.5. The van der Waals surface area contributed by atoms with Crippen LogP contribution in [0, 0.1) is 0 Å². The molecule has 0 bridgehead atoms. The Balaban J connectivity index is 1.72. The lowest BCUT2D eigenvalue weighted by Gasteiger charge is -2.28. The summed E-state index contributed by atoms with van der Waals surface area (Å²) >= 11 is 0.359. The molecule has 1 aliphatic rings. The molecule has 3 rings (SSSR count). The van der Waals surface area contributed by atoms with E-state index in [9.17, 15) is 14.1 Å². The molecule has 0 radical (unpaired) electrons. The maximum atomic E-state index is 13.2. The van der Waals surface area contributed by atoms with Gasteiger partial charge < -0.3 is 19.3 Å². The van der Waals surface area contributed by atoms with Crippen molar-refractivity contribution in [3.05, 3.63) is 29.4 Å². The van der Waals surface area contributed by atoms with Crippen LogP contribution in [-0.2, 0) is 20.6 Å². The minimum Gasteiger partial charge on any atom is -0.611 e. The fourth-order valence-corrected chi connectivity index (χ4v) is 6.42. The van der Waals surface area contributed by atoms with Gasteiger partial charge in [0.15, 0.2) is 4.90 Å². The Kier molecular flexibility index (Phi) is 10.0. The first-order valence-electron chi connectivity index (χ1n) is 12.5. The van der Waals surface area contributed by atoms with Crippen molar-refractivity contribution in [1.82, 2.24) is 10.3 Å². The molecule has 1 fully saturated rings. The second-order valence-electron chi connectivity index (χ2n) is 9.85. The molecule has 1 aromatic carbocycles. The monoisotopic (exact) mass is 535 g/mol. The summed E-state index contributed by atoms with van der Waals surface area (Å²) in [5, 5.41) is 6.65. The number of ether oxygens (including phenoxy) is 2. The van der Waals surface area contributed by atoms with E-state index in [1.165, 1.54) is 0 Å². The predicted molar refractivity (Wildman–Crippen MR) is 144 cm³/mol. The van der Waals surface area contributed by atoms with Crippen molar-refractivity contribution in [3.8, 4) is 10.4 Å². The number of alkyl carbamates (subject to hydrolysis) is 1. The SMILES string of the molecule is CC(C)OC(=O)Nc1ccc(-c2cnc([C@H]3CC[C@H](NC(=O)OC(C)C)CC3)s2)c([S+]([O-])C(C)C)c1. The van der Waals surface area contributed by atoms with Crippen LogP contribution in [-0.4, -0.2) is 45.2 Å². The molecule has 1 atom stereocenters. The maximum absolute atomic E-state index is 13.2. The van der Waals surface area contributed by atoms with Gasteiger partial charge in [-0.2, -0.15) is 0 Å². The molecule has 0 spiro atoms. The average molecular weight is 536 g/mol. The Labute approximate surface area is 220 Å². The molecule has 198 valence electrons. The highest BCUT2D eigenvalue weighted by molar-refractivity contribution is 7.92. The summed E-state index contributed by atoms with van der Waals surface area (Å²) < 4.78 is 23.5. The van der Waals surface area contributed by atoms with Crippen LogP contribution in [0.25, 0.3) is 10.4 Å². The summed E-state index contributed by atoms with van der Waals surface area (Å²) in [5.41, 5.74) is 1.40. The lowest BCUT2D eigenvalue weighted by Crippen LogP contribution is -2.38. The Morgan fingerprint density at radius 3 is 2.28 bits per heavy atom. The Morgan fingerprint density at radius 2 is 1.67 bits per heavy atom. The molecule has 0 saturated heterocycles. The number of hydrogen-bond donors (Lipinski definition) is 2. The largest absolute Gasteiger partial charge is 0.611 e. The lowest BCUT2D eigenvalue weighted by atomic mass is 9.86. The van der Waals surface area contributed by atoms with Gasteiger partial charge in [0.05, 0.1) is 22.1 Å². The third-order valence-electron chi connectivity index (χ3n) is 5.75. The Bertz CT molecular complexity index is 1030. The summed E-state index contributed by atoms with van der Waals surface area (Å²) in [6.45, 7) is 11.1. The molecule has 0 aliphatic heterocycles. The van der Waals surface area contributed by atoms with Gasteiger partial charge in [-0.3, -0.25) is 5.32 Å². The minimum absolute atomic E-state index is 0.0841. The van der Waals surface area contributed by atoms with Crippen molar-refractivity contribution in [1.29, 1.82) is 0 Å². The number of carbonyl (C=O) groups is 2. The average Bonchev–Trinajstić information content (AvgIpc) is 3.27. The van der Waals surface area contributed by atoms with Crippen molar-refractivity contribution in [2.75, 3.05) is 5.32 Å². The molecule has 1 aromatic heterocycles. The van der Waals surface area contributed by atoms with Crippen LogP contribution < -0.4 is 10.6 Å². The van der Waals surface area contributed by atoms with Crippen molar-refractivity contribution >= 4 is 40.4 Å². The molecular weight excluding hydrogens is 498 g/mol. The number of nitrogens with one attached hydrogen (secondary N) is 2. The van der Waals surface area contributed by atoms with Gasteiger partial charge in [-0.05, 0) is 90.5 Å². The molecule has 1 saturated carbocycles. The second kappa shape index (κ2) is 12.8. The molecule has 2 aromatic rings. The van der Waals surface area contributed by atoms with Gasteiger partial charge in [-0.25, -0.2) is 14.6 Å². The fourth-order valence-electron chi connectivity index (χ4n) is 4.09. The number of anilines is 1. The number of hydrogen-bond acceptors (Lipinski definition) is 7. The van der Waals surface area contributed by atoms with Crippen molar-refractivity contribution < 1.29 is 23.6 Å². The van der Waals surface area contributed by atoms with Crippen molar-refractivity contribution in [2.24, 2.45) is 0 Å². The highest BCUT2D eigenvalue weighted by atomic mass is 32.2. The van der Waals surface area contributed by atoms with E-state index in [4.69, 9.17) is 14.5 Å². The molecule has 1 aliphatic carbocycles.